The molecule has 10 nitrogen and oxygen atoms in total. The van der Waals surface area contributed by atoms with Crippen molar-refractivity contribution in [2.75, 3.05) is 53.0 Å². The number of halogens is 1. The van der Waals surface area contributed by atoms with Crippen LogP contribution in [0.1, 0.15) is 68.1 Å². The van der Waals surface area contributed by atoms with Gasteiger partial charge in [-0.1, -0.05) is 12.1 Å². The molecule has 3 aliphatic heterocycles. The number of piperidine rings is 1. The van der Waals surface area contributed by atoms with Gasteiger partial charge in [-0.05, 0) is 98.6 Å². The first-order valence-electron chi connectivity index (χ1n) is 16.2. The van der Waals surface area contributed by atoms with Crippen molar-refractivity contribution in [1.82, 2.24) is 20.9 Å². The summed E-state index contributed by atoms with van der Waals surface area (Å²) in [5.41, 5.74) is 3.48. The number of rotatable bonds is 2. The van der Waals surface area contributed by atoms with Gasteiger partial charge in [0, 0.05) is 43.0 Å². The van der Waals surface area contributed by atoms with Crippen LogP contribution in [0.25, 0.3) is 11.1 Å². The fourth-order valence-corrected chi connectivity index (χ4v) is 8.03. The second-order valence-corrected chi connectivity index (χ2v) is 13.2. The van der Waals surface area contributed by atoms with E-state index >= 15 is 0 Å². The zero-order valence-corrected chi connectivity index (χ0v) is 28.3. The number of ether oxygens (including phenoxy) is 2. The van der Waals surface area contributed by atoms with E-state index in [2.05, 4.69) is 16.0 Å². The van der Waals surface area contributed by atoms with Crippen LogP contribution >= 0.6 is 23.7 Å². The topological polar surface area (TPSA) is 129 Å². The third-order valence-electron chi connectivity index (χ3n) is 9.16. The Hall–Kier alpha value is -3.64. The van der Waals surface area contributed by atoms with Crippen LogP contribution in [0.4, 0.5) is 0 Å². The van der Waals surface area contributed by atoms with Crippen molar-refractivity contribution in [3.8, 4) is 22.6 Å². The van der Waals surface area contributed by atoms with Crippen LogP contribution in [0, 0.1) is 0 Å². The Labute approximate surface area is 285 Å². The van der Waals surface area contributed by atoms with Crippen molar-refractivity contribution in [3.63, 3.8) is 0 Å². The predicted octanol–water partition coefficient (Wildman–Crippen LogP) is 4.42. The minimum absolute atomic E-state index is 0. The highest BCUT2D eigenvalue weighted by Crippen LogP contribution is 2.44. The summed E-state index contributed by atoms with van der Waals surface area (Å²) < 4.78 is 11.8. The van der Waals surface area contributed by atoms with E-state index in [0.717, 1.165) is 37.9 Å². The largest absolute Gasteiger partial charge is 0.507 e. The number of fused-ring (bicyclic) bond motifs is 7. The Kier molecular flexibility index (Phi) is 11.4. The lowest BCUT2D eigenvalue weighted by Gasteiger charge is -2.40. The molecular weight excluding hydrogens is 640 g/mol. The minimum Gasteiger partial charge on any atom is -0.507 e. The van der Waals surface area contributed by atoms with Crippen molar-refractivity contribution < 1.29 is 29.0 Å². The second kappa shape index (κ2) is 15.5. The molecule has 4 bridgehead atoms. The lowest BCUT2D eigenvalue weighted by atomic mass is 9.86. The first kappa shape index (κ1) is 34.7. The van der Waals surface area contributed by atoms with Crippen LogP contribution < -0.4 is 20.7 Å². The van der Waals surface area contributed by atoms with Crippen LogP contribution in [0.15, 0.2) is 42.5 Å². The lowest BCUT2D eigenvalue weighted by Crippen LogP contribution is -2.44. The molecule has 47 heavy (non-hydrogen) atoms. The van der Waals surface area contributed by atoms with Gasteiger partial charge >= 0.3 is 0 Å². The van der Waals surface area contributed by atoms with Gasteiger partial charge in [-0.15, -0.1) is 23.7 Å². The number of aromatic hydroxyl groups is 1. The van der Waals surface area contributed by atoms with E-state index in [9.17, 15) is 19.5 Å². The first-order valence-corrected chi connectivity index (χ1v) is 17.0. The Morgan fingerprint density at radius 2 is 1.74 bits per heavy atom. The number of nitrogens with one attached hydrogen (secondary N) is 3. The summed E-state index contributed by atoms with van der Waals surface area (Å²) in [4.78, 5) is 43.7. The van der Waals surface area contributed by atoms with Crippen molar-refractivity contribution >= 4 is 41.5 Å². The number of benzene rings is 2. The first-order chi connectivity index (χ1) is 22.4. The molecule has 0 unspecified atom stereocenters. The van der Waals surface area contributed by atoms with Gasteiger partial charge in [0.2, 0.25) is 5.91 Å². The normalized spacial score (nSPS) is 18.8. The van der Waals surface area contributed by atoms with Crippen LogP contribution in [-0.4, -0.2) is 80.7 Å². The van der Waals surface area contributed by atoms with Crippen molar-refractivity contribution in [2.45, 2.75) is 50.5 Å². The molecule has 252 valence electrons. The molecule has 12 heteroatoms. The molecule has 1 spiro atoms. The van der Waals surface area contributed by atoms with Crippen molar-refractivity contribution in [3.05, 3.63) is 68.9 Å². The summed E-state index contributed by atoms with van der Waals surface area (Å²) in [7, 11) is 1.52. The molecule has 4 heterocycles. The third-order valence-corrected chi connectivity index (χ3v) is 10.5. The standard InChI is InChI=1S/C35H42N4O6S.ClH/c1-44-29-8-6-24-21-27(29)33(42)38-13-3-18-39(17-2-4-31(41)37-14-9-23-5-7-28(40)26(24)20-23)34(43)30-22-25-10-19-45-35(32(25)46-30)11-15-36-16-12-35;/h5-8,20-22,36,40H,2-4,9-19H2,1H3,(H,37,41)(H,38,42);1H. The SMILES string of the molecule is COc1ccc2cc1C(=O)NCCCN(C(=O)c1cc3c(s1)C1(CCNCC1)OCC3)CCCC(=O)NCCc1ccc(O)c-2c1.Cl. The van der Waals surface area contributed by atoms with E-state index in [0.29, 0.717) is 85.8 Å². The summed E-state index contributed by atoms with van der Waals surface area (Å²) in [6, 6.07) is 12.6. The zero-order chi connectivity index (χ0) is 32.1. The summed E-state index contributed by atoms with van der Waals surface area (Å²) >= 11 is 1.55. The number of thiophene rings is 1. The van der Waals surface area contributed by atoms with E-state index in [1.54, 1.807) is 29.5 Å². The van der Waals surface area contributed by atoms with Gasteiger partial charge in [-0.25, -0.2) is 0 Å². The monoisotopic (exact) mass is 682 g/mol. The minimum atomic E-state index is -0.311. The molecule has 0 radical (unpaired) electrons. The smallest absolute Gasteiger partial charge is 0.263 e. The van der Waals surface area contributed by atoms with E-state index in [-0.39, 0.29) is 41.5 Å². The third kappa shape index (κ3) is 7.75. The molecule has 1 saturated heterocycles. The lowest BCUT2D eigenvalue weighted by molar-refractivity contribution is -0.121. The molecule has 1 aromatic heterocycles. The van der Waals surface area contributed by atoms with E-state index < -0.39 is 0 Å². The molecule has 0 saturated carbocycles. The van der Waals surface area contributed by atoms with Crippen LogP contribution in [-0.2, 0) is 28.0 Å². The van der Waals surface area contributed by atoms with E-state index in [1.807, 2.05) is 29.2 Å². The fourth-order valence-electron chi connectivity index (χ4n) is 6.66. The van der Waals surface area contributed by atoms with Crippen LogP contribution in [0.3, 0.4) is 0 Å². The summed E-state index contributed by atoms with van der Waals surface area (Å²) in [5, 5.41) is 20.0. The van der Waals surface area contributed by atoms with Gasteiger partial charge in [-0.3, -0.25) is 14.4 Å². The van der Waals surface area contributed by atoms with Gasteiger partial charge in [-0.2, -0.15) is 0 Å². The highest BCUT2D eigenvalue weighted by atomic mass is 35.5. The second-order valence-electron chi connectivity index (χ2n) is 12.2. The van der Waals surface area contributed by atoms with Crippen molar-refractivity contribution in [2.24, 2.45) is 0 Å². The molecule has 3 amide bonds. The number of carbonyl (C=O) groups excluding carboxylic acids is 3. The van der Waals surface area contributed by atoms with Gasteiger partial charge in [0.05, 0.1) is 24.2 Å². The van der Waals surface area contributed by atoms with Crippen LogP contribution in [0.2, 0.25) is 0 Å². The molecule has 4 N–H and O–H groups in total. The van der Waals surface area contributed by atoms with Gasteiger partial charge < -0.3 is 35.4 Å². The molecule has 3 aliphatic rings. The quantitative estimate of drug-likeness (QED) is 0.315. The highest BCUT2D eigenvalue weighted by Gasteiger charge is 2.41. The molecule has 3 aromatic rings. The summed E-state index contributed by atoms with van der Waals surface area (Å²) in [5.74, 6) is 0.130. The summed E-state index contributed by atoms with van der Waals surface area (Å²) in [6.07, 6.45) is 4.54. The number of methoxy groups -OCH3 is 1. The Balaban J connectivity index is 0.00000433. The average Bonchev–Trinajstić information content (AvgIpc) is 3.52. The van der Waals surface area contributed by atoms with Gasteiger partial charge in [0.15, 0.2) is 0 Å². The average molecular weight is 683 g/mol. The van der Waals surface area contributed by atoms with E-state index in [4.69, 9.17) is 9.47 Å². The molecule has 2 aromatic carbocycles. The summed E-state index contributed by atoms with van der Waals surface area (Å²) in [6.45, 7) is 4.12. The number of hydrogen-bond donors (Lipinski definition) is 4. The van der Waals surface area contributed by atoms with E-state index in [1.165, 1.54) is 17.6 Å². The molecule has 6 rings (SSSR count). The molecule has 1 fully saturated rings. The number of carbonyl (C=O) groups is 3. The Morgan fingerprint density at radius 3 is 2.55 bits per heavy atom. The molecule has 0 atom stereocenters. The molecule has 0 aliphatic carbocycles. The molecular formula is C35H43ClN4O6S. The number of amides is 3. The number of nitrogens with zero attached hydrogens (tertiary/aromatic N) is 1. The maximum atomic E-state index is 14.0. The predicted molar refractivity (Wildman–Crippen MR) is 184 cm³/mol. The maximum Gasteiger partial charge on any atom is 0.263 e. The number of phenolic OH excluding ortho intramolecular Hbond substituents is 1. The van der Waals surface area contributed by atoms with Crippen molar-refractivity contribution in [1.29, 1.82) is 0 Å². The zero-order valence-electron chi connectivity index (χ0n) is 26.7. The fraction of sp³-hybridized carbons (Fsp3) is 0.457. The number of hydrogen-bond acceptors (Lipinski definition) is 8. The van der Waals surface area contributed by atoms with Gasteiger partial charge in [0.25, 0.3) is 11.8 Å². The maximum absolute atomic E-state index is 14.0. The Morgan fingerprint density at radius 1 is 0.936 bits per heavy atom. The van der Waals surface area contributed by atoms with Crippen LogP contribution in [0.5, 0.6) is 11.5 Å². The Bertz CT molecular complexity index is 1600. The van der Waals surface area contributed by atoms with Gasteiger partial charge in [0.1, 0.15) is 17.1 Å². The number of phenols is 1. The highest BCUT2D eigenvalue weighted by molar-refractivity contribution is 7.14.